The van der Waals surface area contributed by atoms with Gasteiger partial charge in [-0.05, 0) is 61.0 Å². The van der Waals surface area contributed by atoms with E-state index in [1.807, 2.05) is 0 Å². The van der Waals surface area contributed by atoms with E-state index in [4.69, 9.17) is 11.5 Å². The molecule has 0 amide bonds. The highest BCUT2D eigenvalue weighted by molar-refractivity contribution is 7.90. The Morgan fingerprint density at radius 2 is 1.17 bits per heavy atom. The summed E-state index contributed by atoms with van der Waals surface area (Å²) in [6.45, 7) is 4.44. The summed E-state index contributed by atoms with van der Waals surface area (Å²) in [5.41, 5.74) is 7.24. The number of anilines is 2. The van der Waals surface area contributed by atoms with Crippen molar-refractivity contribution in [1.29, 1.82) is 0 Å². The molecule has 0 radical (unpaired) electrons. The molecule has 46 heavy (non-hydrogen) atoms. The first-order valence-electron chi connectivity index (χ1n) is 11.7. The number of nitrogens with zero attached hydrogens (tertiary/aromatic N) is 4. The van der Waals surface area contributed by atoms with Gasteiger partial charge in [0.1, 0.15) is 42.4 Å². The van der Waals surface area contributed by atoms with Crippen molar-refractivity contribution < 1.29 is 57.0 Å². The largest absolute Gasteiger partial charge is 0.505 e. The molecule has 0 spiro atoms. The van der Waals surface area contributed by atoms with E-state index in [0.29, 0.717) is 12.1 Å². The number of rotatable bonds is 10. The van der Waals surface area contributed by atoms with E-state index in [9.17, 15) is 57.0 Å². The van der Waals surface area contributed by atoms with Crippen molar-refractivity contribution in [2.45, 2.75) is 21.6 Å². The van der Waals surface area contributed by atoms with Gasteiger partial charge >= 0.3 is 0 Å². The van der Waals surface area contributed by atoms with Crippen LogP contribution in [0.1, 0.15) is 11.1 Å². The topological polar surface area (TPSA) is 339 Å². The van der Waals surface area contributed by atoms with Gasteiger partial charge < -0.3 is 16.6 Å². The first-order valence-corrected chi connectivity index (χ1v) is 17.5. The number of benzene rings is 3. The Morgan fingerprint density at radius 1 is 0.717 bits per heavy atom. The van der Waals surface area contributed by atoms with Crippen molar-refractivity contribution in [3.05, 3.63) is 70.8 Å². The molecule has 23 heteroatoms. The molecule has 0 aliphatic rings. The van der Waals surface area contributed by atoms with Gasteiger partial charge in [-0.1, -0.05) is 6.58 Å². The van der Waals surface area contributed by atoms with Crippen LogP contribution in [0, 0.1) is 6.92 Å². The molecule has 0 fully saturated rings. The van der Waals surface area contributed by atoms with Crippen LogP contribution in [0.4, 0.5) is 28.4 Å². The number of phenols is 1. The average molecular weight is 719 g/mol. The van der Waals surface area contributed by atoms with Crippen LogP contribution in [0.5, 0.6) is 5.75 Å². The molecule has 0 atom stereocenters. The van der Waals surface area contributed by atoms with Crippen LogP contribution in [-0.4, -0.2) is 57.0 Å². The molecule has 19 nitrogen and oxygen atoms in total. The number of azo groups is 2. The van der Waals surface area contributed by atoms with Crippen molar-refractivity contribution in [2.75, 3.05) is 11.5 Å². The summed E-state index contributed by atoms with van der Waals surface area (Å²) >= 11 is 0. The summed E-state index contributed by atoms with van der Waals surface area (Å²) in [6.07, 6.45) is 0.554. The SMILES string of the molecule is C=C(N=Nc1cc(N)ccc1S(=O)(=O)O)/C(=C\c1cc(S(=O)(=O)O)c(N=Nc2cc(N)ccc2S(=O)(=O)O)c(O)c1C)S(=O)(=O)O. The van der Waals surface area contributed by atoms with Gasteiger partial charge in [-0.3, -0.25) is 18.2 Å². The number of hydrogen-bond donors (Lipinski definition) is 7. The summed E-state index contributed by atoms with van der Waals surface area (Å²) in [5, 5.41) is 24.8. The Hall–Kier alpha value is -4.62. The predicted octanol–water partition coefficient (Wildman–Crippen LogP) is 3.55. The maximum Gasteiger partial charge on any atom is 0.296 e. The maximum atomic E-state index is 12.2. The van der Waals surface area contributed by atoms with E-state index < -0.39 is 94.1 Å². The summed E-state index contributed by atoms with van der Waals surface area (Å²) in [6, 6.07) is 6.41. The maximum absolute atomic E-state index is 12.2. The van der Waals surface area contributed by atoms with Crippen molar-refractivity contribution in [3.8, 4) is 5.75 Å². The molecule has 3 aromatic carbocycles. The van der Waals surface area contributed by atoms with Gasteiger partial charge in [0.15, 0.2) is 0 Å². The van der Waals surface area contributed by atoms with Crippen molar-refractivity contribution in [2.24, 2.45) is 20.5 Å². The number of hydrogen-bond acceptors (Lipinski definition) is 15. The summed E-state index contributed by atoms with van der Waals surface area (Å²) in [4.78, 5) is -3.94. The lowest BCUT2D eigenvalue weighted by Gasteiger charge is -2.12. The molecule has 0 saturated carbocycles. The average Bonchev–Trinajstić information content (AvgIpc) is 2.89. The van der Waals surface area contributed by atoms with Gasteiger partial charge in [-0.25, -0.2) is 0 Å². The van der Waals surface area contributed by atoms with E-state index in [1.165, 1.54) is 0 Å². The molecule has 9 N–H and O–H groups in total. The van der Waals surface area contributed by atoms with Crippen LogP contribution in [0.2, 0.25) is 0 Å². The molecule has 0 saturated heterocycles. The minimum absolute atomic E-state index is 0.0384. The third-order valence-electron chi connectivity index (χ3n) is 5.72. The van der Waals surface area contributed by atoms with Gasteiger partial charge in [0.2, 0.25) is 0 Å². The molecule has 3 aromatic rings. The minimum Gasteiger partial charge on any atom is -0.505 e. The first-order chi connectivity index (χ1) is 20.9. The van der Waals surface area contributed by atoms with Crippen LogP contribution in [0.15, 0.2) is 94.8 Å². The zero-order valence-corrected chi connectivity index (χ0v) is 26.2. The van der Waals surface area contributed by atoms with E-state index >= 15 is 0 Å². The summed E-state index contributed by atoms with van der Waals surface area (Å²) < 4.78 is 134. The van der Waals surface area contributed by atoms with Crippen molar-refractivity contribution >= 4 is 75.0 Å². The lowest BCUT2D eigenvalue weighted by Crippen LogP contribution is -2.05. The lowest BCUT2D eigenvalue weighted by molar-refractivity contribution is 0.464. The second kappa shape index (κ2) is 12.6. The Kier molecular flexibility index (Phi) is 9.85. The van der Waals surface area contributed by atoms with Gasteiger partial charge in [0, 0.05) is 16.9 Å². The van der Waals surface area contributed by atoms with E-state index in [2.05, 4.69) is 27.0 Å². The molecule has 0 aliphatic carbocycles. The van der Waals surface area contributed by atoms with Crippen molar-refractivity contribution in [1.82, 2.24) is 0 Å². The summed E-state index contributed by atoms with van der Waals surface area (Å²) in [5.74, 6) is -1.04. The van der Waals surface area contributed by atoms with Gasteiger partial charge in [0.25, 0.3) is 40.5 Å². The predicted molar refractivity (Wildman–Crippen MR) is 161 cm³/mol. The Balaban J connectivity index is 2.24. The molecular weight excluding hydrogens is 697 g/mol. The molecule has 246 valence electrons. The second-order valence-corrected chi connectivity index (χ2v) is 14.6. The van der Waals surface area contributed by atoms with Gasteiger partial charge in [-0.2, -0.15) is 33.7 Å². The van der Waals surface area contributed by atoms with E-state index in [1.54, 1.807) is 0 Å². The Labute approximate surface area is 261 Å². The lowest BCUT2D eigenvalue weighted by atomic mass is 10.1. The highest BCUT2D eigenvalue weighted by atomic mass is 32.2. The van der Waals surface area contributed by atoms with Crippen LogP contribution in [0.25, 0.3) is 6.08 Å². The van der Waals surface area contributed by atoms with Crippen LogP contribution >= 0.6 is 0 Å². The van der Waals surface area contributed by atoms with Gasteiger partial charge in [-0.15, -0.1) is 20.5 Å². The highest BCUT2D eigenvalue weighted by Crippen LogP contribution is 2.41. The minimum atomic E-state index is -5.31. The fraction of sp³-hybridized carbons (Fsp3) is 0.0435. The molecule has 0 heterocycles. The van der Waals surface area contributed by atoms with Gasteiger partial charge in [0.05, 0.1) is 5.70 Å². The second-order valence-electron chi connectivity index (χ2n) is 9.00. The number of nitrogen functional groups attached to an aromatic ring is 2. The smallest absolute Gasteiger partial charge is 0.296 e. The molecule has 0 aliphatic heterocycles. The summed E-state index contributed by atoms with van der Waals surface area (Å²) in [7, 11) is -20.3. The number of nitrogens with two attached hydrogens (primary N) is 2. The normalized spacial score (nSPS) is 13.5. The Bertz CT molecular complexity index is 2320. The monoisotopic (exact) mass is 718 g/mol. The fourth-order valence-corrected chi connectivity index (χ4v) is 6.05. The van der Waals surface area contributed by atoms with Crippen LogP contribution in [-0.2, 0) is 40.5 Å². The zero-order valence-electron chi connectivity index (χ0n) is 22.9. The number of phenolic OH excluding ortho intramolecular Hbond substituents is 1. The highest BCUT2D eigenvalue weighted by Gasteiger charge is 2.26. The van der Waals surface area contributed by atoms with Crippen LogP contribution in [0.3, 0.4) is 0 Å². The van der Waals surface area contributed by atoms with Crippen LogP contribution < -0.4 is 11.5 Å². The standard InChI is InChI=1S/C23H22N6O13S4/c1-11-13(7-20(45(37,38)39)12(2)26-27-16-9-14(24)3-5-18(16)43(31,32)33)8-21(46(40,41)42)22(23(11)30)29-28-17-10-15(25)4-6-19(17)44(34,35)36/h3-10,30H,2,24-25H2,1H3,(H,31,32,33)(H,34,35,36)(H,37,38,39)(H,40,41,42)/b20-7+,27-26?,29-28?. The first kappa shape index (κ1) is 35.9. The van der Waals surface area contributed by atoms with E-state index in [0.717, 1.165) is 43.3 Å². The zero-order chi connectivity index (χ0) is 35.0. The number of aromatic hydroxyl groups is 1. The quantitative estimate of drug-likeness (QED) is 0.0682. The molecule has 0 aromatic heterocycles. The van der Waals surface area contributed by atoms with E-state index in [-0.39, 0.29) is 16.9 Å². The third kappa shape index (κ3) is 8.34. The molecule has 3 rings (SSSR count). The molecular formula is C23H22N6O13S4. The molecule has 0 bridgehead atoms. The third-order valence-corrected chi connectivity index (χ3v) is 9.30. The molecule has 0 unspecified atom stereocenters. The fourth-order valence-electron chi connectivity index (χ4n) is 3.57. The Morgan fingerprint density at radius 3 is 1.61 bits per heavy atom. The van der Waals surface area contributed by atoms with Crippen molar-refractivity contribution in [3.63, 3.8) is 0 Å².